The first kappa shape index (κ1) is 15.8. The predicted molar refractivity (Wildman–Crippen MR) is 100 cm³/mol. The van der Waals surface area contributed by atoms with Crippen molar-refractivity contribution in [2.75, 3.05) is 4.90 Å². The number of para-hydroxylation sites is 1. The second-order valence-corrected chi connectivity index (χ2v) is 7.21. The van der Waals surface area contributed by atoms with Crippen molar-refractivity contribution in [2.45, 2.75) is 25.9 Å². The Kier molecular flexibility index (Phi) is 4.01. The molecule has 1 aromatic heterocycles. The van der Waals surface area contributed by atoms with Crippen LogP contribution in [-0.4, -0.2) is 22.1 Å². The summed E-state index contributed by atoms with van der Waals surface area (Å²) in [5.41, 5.74) is 4.98. The number of carboxylic acid groups (broad SMARTS) is 1. The number of fused-ring (bicyclic) bond motifs is 1. The lowest BCUT2D eigenvalue weighted by Crippen LogP contribution is -2.28. The third kappa shape index (κ3) is 3.03. The first-order valence-corrected chi connectivity index (χ1v) is 9.12. The van der Waals surface area contributed by atoms with Crippen LogP contribution in [-0.2, 0) is 13.0 Å². The van der Waals surface area contributed by atoms with Crippen molar-refractivity contribution in [3.8, 4) is 10.6 Å². The van der Waals surface area contributed by atoms with Crippen LogP contribution in [0.3, 0.4) is 0 Å². The van der Waals surface area contributed by atoms with Gasteiger partial charge in [-0.3, -0.25) is 0 Å². The monoisotopic (exact) mass is 350 g/mol. The quantitative estimate of drug-likeness (QED) is 0.755. The van der Waals surface area contributed by atoms with Crippen molar-refractivity contribution in [1.29, 1.82) is 0 Å². The third-order valence-corrected chi connectivity index (χ3v) is 5.49. The number of thiazole rings is 1. The van der Waals surface area contributed by atoms with Gasteiger partial charge in [0.05, 0.1) is 0 Å². The van der Waals surface area contributed by atoms with E-state index in [9.17, 15) is 4.79 Å². The Labute approximate surface area is 150 Å². The number of nitrogens with zero attached hydrogens (tertiary/aromatic N) is 2. The molecule has 1 aliphatic rings. The molecule has 3 aromatic rings. The number of carboxylic acids is 1. The lowest BCUT2D eigenvalue weighted by Gasteiger charge is -2.25. The molecule has 0 fully saturated rings. The first-order valence-electron chi connectivity index (χ1n) is 8.24. The van der Waals surface area contributed by atoms with E-state index in [0.29, 0.717) is 6.04 Å². The molecule has 5 heteroatoms. The molecule has 4 rings (SSSR count). The fraction of sp³-hybridized carbons (Fsp3) is 0.200. The summed E-state index contributed by atoms with van der Waals surface area (Å²) < 4.78 is 0. The van der Waals surface area contributed by atoms with Crippen molar-refractivity contribution in [3.05, 3.63) is 70.7 Å². The van der Waals surface area contributed by atoms with E-state index in [0.717, 1.165) is 23.5 Å². The molecule has 4 nitrogen and oxygen atoms in total. The van der Waals surface area contributed by atoms with E-state index in [1.807, 2.05) is 12.1 Å². The summed E-state index contributed by atoms with van der Waals surface area (Å²) in [6.07, 6.45) is 1.07. The van der Waals surface area contributed by atoms with Gasteiger partial charge in [-0.05, 0) is 36.6 Å². The highest BCUT2D eigenvalue weighted by Crippen LogP contribution is 2.33. The molecule has 126 valence electrons. The number of rotatable bonds is 4. The van der Waals surface area contributed by atoms with Gasteiger partial charge in [-0.2, -0.15) is 0 Å². The standard InChI is InChI=1S/C20H18N2O2S/c1-13-9-15-6-2-3-8-18(15)22(13)11-14-5-4-7-16(10-14)19-21-17(12-25-19)20(23)24/h2-8,10,12-13H,9,11H2,1H3,(H,23,24). The van der Waals surface area contributed by atoms with Crippen LogP contribution in [0.15, 0.2) is 53.9 Å². The van der Waals surface area contributed by atoms with Gasteiger partial charge in [0.1, 0.15) is 5.01 Å². The molecule has 1 atom stereocenters. The fourth-order valence-corrected chi connectivity index (χ4v) is 4.17. The fourth-order valence-electron chi connectivity index (χ4n) is 3.37. The van der Waals surface area contributed by atoms with E-state index in [4.69, 9.17) is 5.11 Å². The molecule has 0 saturated heterocycles. The van der Waals surface area contributed by atoms with Crippen LogP contribution in [0.4, 0.5) is 5.69 Å². The molecule has 0 radical (unpaired) electrons. The van der Waals surface area contributed by atoms with E-state index in [-0.39, 0.29) is 5.69 Å². The molecule has 25 heavy (non-hydrogen) atoms. The van der Waals surface area contributed by atoms with Crippen LogP contribution in [0.5, 0.6) is 0 Å². The van der Waals surface area contributed by atoms with Gasteiger partial charge in [0, 0.05) is 29.2 Å². The molecule has 0 saturated carbocycles. The number of aromatic carboxylic acids is 1. The average molecular weight is 350 g/mol. The number of hydrogen-bond acceptors (Lipinski definition) is 4. The number of carbonyl (C=O) groups is 1. The highest BCUT2D eigenvalue weighted by molar-refractivity contribution is 7.13. The van der Waals surface area contributed by atoms with E-state index < -0.39 is 5.97 Å². The van der Waals surface area contributed by atoms with E-state index >= 15 is 0 Å². The Hall–Kier alpha value is -2.66. The van der Waals surface area contributed by atoms with Gasteiger partial charge >= 0.3 is 5.97 Å². The Balaban J connectivity index is 1.61. The smallest absolute Gasteiger partial charge is 0.355 e. The van der Waals surface area contributed by atoms with Crippen LogP contribution >= 0.6 is 11.3 Å². The molecular weight excluding hydrogens is 332 g/mol. The van der Waals surface area contributed by atoms with Gasteiger partial charge in [-0.1, -0.05) is 36.4 Å². The molecule has 0 bridgehead atoms. The van der Waals surface area contributed by atoms with Crippen LogP contribution < -0.4 is 4.90 Å². The Bertz CT molecular complexity index is 935. The van der Waals surface area contributed by atoms with Crippen LogP contribution in [0.1, 0.15) is 28.5 Å². The van der Waals surface area contributed by atoms with E-state index in [1.165, 1.54) is 28.2 Å². The van der Waals surface area contributed by atoms with Crippen molar-refractivity contribution in [3.63, 3.8) is 0 Å². The maximum Gasteiger partial charge on any atom is 0.355 e. The second-order valence-electron chi connectivity index (χ2n) is 6.35. The third-order valence-electron chi connectivity index (χ3n) is 4.60. The number of hydrogen-bond donors (Lipinski definition) is 1. The van der Waals surface area contributed by atoms with E-state index in [2.05, 4.69) is 53.2 Å². The molecule has 1 unspecified atom stereocenters. The second kappa shape index (κ2) is 6.33. The van der Waals surface area contributed by atoms with Gasteiger partial charge in [-0.25, -0.2) is 9.78 Å². The summed E-state index contributed by atoms with van der Waals surface area (Å²) >= 11 is 1.37. The Morgan fingerprint density at radius 1 is 1.28 bits per heavy atom. The zero-order valence-electron chi connectivity index (χ0n) is 13.8. The number of aromatic nitrogens is 1. The molecule has 1 aliphatic heterocycles. The van der Waals surface area contributed by atoms with Crippen molar-refractivity contribution < 1.29 is 9.90 Å². The largest absolute Gasteiger partial charge is 0.476 e. The zero-order valence-corrected chi connectivity index (χ0v) is 14.7. The summed E-state index contributed by atoms with van der Waals surface area (Å²) in [6.45, 7) is 3.09. The summed E-state index contributed by atoms with van der Waals surface area (Å²) in [6, 6.07) is 17.3. The maximum absolute atomic E-state index is 11.0. The topological polar surface area (TPSA) is 53.4 Å². The van der Waals surface area contributed by atoms with Crippen molar-refractivity contribution in [1.82, 2.24) is 4.98 Å². The average Bonchev–Trinajstić information content (AvgIpc) is 3.21. The lowest BCUT2D eigenvalue weighted by atomic mass is 10.1. The molecule has 0 aliphatic carbocycles. The molecule has 0 spiro atoms. The van der Waals surface area contributed by atoms with Gasteiger partial charge in [0.15, 0.2) is 5.69 Å². The summed E-state index contributed by atoms with van der Waals surface area (Å²) in [5, 5.41) is 11.4. The summed E-state index contributed by atoms with van der Waals surface area (Å²) in [7, 11) is 0. The predicted octanol–water partition coefficient (Wildman–Crippen LogP) is 4.46. The SMILES string of the molecule is CC1Cc2ccccc2N1Cc1cccc(-c2nc(C(=O)O)cs2)c1. The molecule has 2 aromatic carbocycles. The number of anilines is 1. The minimum atomic E-state index is -0.985. The zero-order chi connectivity index (χ0) is 17.4. The lowest BCUT2D eigenvalue weighted by molar-refractivity contribution is 0.0691. The Morgan fingerprint density at radius 3 is 2.92 bits per heavy atom. The molecule has 1 N–H and O–H groups in total. The summed E-state index contributed by atoms with van der Waals surface area (Å²) in [4.78, 5) is 17.7. The highest BCUT2D eigenvalue weighted by atomic mass is 32.1. The molecular formula is C20H18N2O2S. The van der Waals surface area contributed by atoms with Gasteiger partial charge in [0.25, 0.3) is 0 Å². The first-order chi connectivity index (χ1) is 12.1. The normalized spacial score (nSPS) is 16.0. The van der Waals surface area contributed by atoms with E-state index in [1.54, 1.807) is 5.38 Å². The van der Waals surface area contributed by atoms with Crippen LogP contribution in [0.25, 0.3) is 10.6 Å². The van der Waals surface area contributed by atoms with Crippen molar-refractivity contribution in [2.24, 2.45) is 0 Å². The highest BCUT2D eigenvalue weighted by Gasteiger charge is 2.25. The van der Waals surface area contributed by atoms with Crippen molar-refractivity contribution >= 4 is 23.0 Å². The van der Waals surface area contributed by atoms with Gasteiger partial charge in [-0.15, -0.1) is 11.3 Å². The molecule has 0 amide bonds. The van der Waals surface area contributed by atoms with Crippen LogP contribution in [0.2, 0.25) is 0 Å². The Morgan fingerprint density at radius 2 is 2.12 bits per heavy atom. The van der Waals surface area contributed by atoms with Gasteiger partial charge < -0.3 is 10.0 Å². The van der Waals surface area contributed by atoms with Gasteiger partial charge in [0.2, 0.25) is 0 Å². The molecule has 2 heterocycles. The summed E-state index contributed by atoms with van der Waals surface area (Å²) in [5.74, 6) is -0.985. The minimum Gasteiger partial charge on any atom is -0.476 e. The minimum absolute atomic E-state index is 0.104. The number of benzene rings is 2. The van der Waals surface area contributed by atoms with Crippen LogP contribution in [0, 0.1) is 0 Å². The maximum atomic E-state index is 11.0.